The number of nitrogens with zero attached hydrogens (tertiary/aromatic N) is 1. The predicted octanol–water partition coefficient (Wildman–Crippen LogP) is 3.86. The zero-order valence-corrected chi connectivity index (χ0v) is 12.6. The quantitative estimate of drug-likeness (QED) is 0.642. The zero-order valence-electron chi connectivity index (χ0n) is 12.6. The lowest BCUT2D eigenvalue weighted by molar-refractivity contribution is -0.116. The number of pyridine rings is 1. The number of aromatic carboxylic acids is 1. The Morgan fingerprint density at radius 3 is 2.48 bits per heavy atom. The van der Waals surface area contributed by atoms with Crippen molar-refractivity contribution in [3.05, 3.63) is 24.0 Å². The Balaban J connectivity index is 2.27. The van der Waals surface area contributed by atoms with Gasteiger partial charge in [-0.3, -0.25) is 9.78 Å². The number of nitrogens with one attached hydrogen (secondary N) is 1. The van der Waals surface area contributed by atoms with Gasteiger partial charge < -0.3 is 10.4 Å². The van der Waals surface area contributed by atoms with Gasteiger partial charge in [0.2, 0.25) is 5.91 Å². The third kappa shape index (κ3) is 6.88. The summed E-state index contributed by atoms with van der Waals surface area (Å²) in [6.45, 7) is 2.19. The Morgan fingerprint density at radius 2 is 1.81 bits per heavy atom. The van der Waals surface area contributed by atoms with Crippen molar-refractivity contribution in [1.29, 1.82) is 0 Å². The zero-order chi connectivity index (χ0) is 15.5. The molecular formula is C16H24N2O3. The minimum Gasteiger partial charge on any atom is -0.478 e. The fourth-order valence-corrected chi connectivity index (χ4v) is 2.14. The minimum absolute atomic E-state index is 0.0675. The summed E-state index contributed by atoms with van der Waals surface area (Å²) in [6, 6.07) is 1.38. The lowest BCUT2D eigenvalue weighted by Gasteiger charge is -2.07. The molecule has 0 aliphatic heterocycles. The Bertz CT molecular complexity index is 461. The first-order chi connectivity index (χ1) is 10.1. The number of unbranched alkanes of at least 4 members (excludes halogenated alkanes) is 6. The summed E-state index contributed by atoms with van der Waals surface area (Å²) in [5.74, 6) is -1.22. The number of carbonyl (C=O) groups excluding carboxylic acids is 1. The van der Waals surface area contributed by atoms with Gasteiger partial charge in [0, 0.05) is 12.6 Å². The Morgan fingerprint density at radius 1 is 1.14 bits per heavy atom. The van der Waals surface area contributed by atoms with E-state index in [-0.39, 0.29) is 17.2 Å². The normalized spacial score (nSPS) is 10.3. The van der Waals surface area contributed by atoms with Gasteiger partial charge in [0.05, 0.1) is 17.4 Å². The van der Waals surface area contributed by atoms with Crippen molar-refractivity contribution in [2.45, 2.75) is 58.3 Å². The van der Waals surface area contributed by atoms with Crippen LogP contribution in [0.15, 0.2) is 18.5 Å². The summed E-state index contributed by atoms with van der Waals surface area (Å²) < 4.78 is 0. The maximum absolute atomic E-state index is 11.8. The minimum atomic E-state index is -1.07. The number of amides is 1. The molecule has 0 spiro atoms. The summed E-state index contributed by atoms with van der Waals surface area (Å²) in [6.07, 6.45) is 11.2. The Kier molecular flexibility index (Phi) is 8.09. The van der Waals surface area contributed by atoms with Crippen LogP contribution in [0.3, 0.4) is 0 Å². The van der Waals surface area contributed by atoms with Gasteiger partial charge in [0.25, 0.3) is 0 Å². The molecule has 1 heterocycles. The number of aromatic nitrogens is 1. The van der Waals surface area contributed by atoms with Crippen LogP contribution >= 0.6 is 0 Å². The second-order valence-corrected chi connectivity index (χ2v) is 5.15. The monoisotopic (exact) mass is 292 g/mol. The van der Waals surface area contributed by atoms with Crippen LogP contribution in [0.4, 0.5) is 5.69 Å². The lowest BCUT2D eigenvalue weighted by Crippen LogP contribution is -2.14. The molecule has 0 unspecified atom stereocenters. The van der Waals surface area contributed by atoms with Gasteiger partial charge in [0.15, 0.2) is 0 Å². The molecule has 2 N–H and O–H groups in total. The van der Waals surface area contributed by atoms with E-state index in [1.807, 2.05) is 0 Å². The molecule has 1 aromatic rings. The van der Waals surface area contributed by atoms with Crippen LogP contribution < -0.4 is 5.32 Å². The van der Waals surface area contributed by atoms with E-state index in [0.717, 1.165) is 19.3 Å². The standard InChI is InChI=1S/C16H24N2O3/c1-2-3-4-5-6-7-8-9-15(19)18-14-12-17-11-10-13(14)16(20)21/h10-12H,2-9H2,1H3,(H,18,19)(H,20,21). The molecule has 0 atom stereocenters. The van der Waals surface area contributed by atoms with E-state index in [1.165, 1.54) is 44.1 Å². The number of rotatable bonds is 10. The smallest absolute Gasteiger partial charge is 0.337 e. The number of hydrogen-bond donors (Lipinski definition) is 2. The van der Waals surface area contributed by atoms with Crippen molar-refractivity contribution >= 4 is 17.6 Å². The van der Waals surface area contributed by atoms with Crippen molar-refractivity contribution in [2.24, 2.45) is 0 Å². The van der Waals surface area contributed by atoms with Crippen LogP contribution in [0.25, 0.3) is 0 Å². The maximum atomic E-state index is 11.8. The highest BCUT2D eigenvalue weighted by molar-refractivity contribution is 6.00. The molecular weight excluding hydrogens is 268 g/mol. The van der Waals surface area contributed by atoms with Crippen molar-refractivity contribution in [2.75, 3.05) is 5.32 Å². The summed E-state index contributed by atoms with van der Waals surface area (Å²) in [7, 11) is 0. The second-order valence-electron chi connectivity index (χ2n) is 5.15. The number of hydrogen-bond acceptors (Lipinski definition) is 3. The van der Waals surface area contributed by atoms with E-state index < -0.39 is 5.97 Å². The fraction of sp³-hybridized carbons (Fsp3) is 0.562. The molecule has 0 saturated carbocycles. The lowest BCUT2D eigenvalue weighted by atomic mass is 10.1. The number of carbonyl (C=O) groups is 2. The summed E-state index contributed by atoms with van der Waals surface area (Å²) >= 11 is 0. The van der Waals surface area contributed by atoms with Crippen molar-refractivity contribution in [3.8, 4) is 0 Å². The average molecular weight is 292 g/mol. The first-order valence-electron chi connectivity index (χ1n) is 7.62. The number of anilines is 1. The van der Waals surface area contributed by atoms with Gasteiger partial charge in [-0.1, -0.05) is 45.4 Å². The van der Waals surface area contributed by atoms with Crippen molar-refractivity contribution < 1.29 is 14.7 Å². The molecule has 0 bridgehead atoms. The predicted molar refractivity (Wildman–Crippen MR) is 82.4 cm³/mol. The van der Waals surface area contributed by atoms with Crippen molar-refractivity contribution in [1.82, 2.24) is 4.98 Å². The highest BCUT2D eigenvalue weighted by Crippen LogP contribution is 2.14. The SMILES string of the molecule is CCCCCCCCCC(=O)Nc1cnccc1C(=O)O. The van der Waals surface area contributed by atoms with Crippen LogP contribution in [0.1, 0.15) is 68.6 Å². The summed E-state index contributed by atoms with van der Waals surface area (Å²) in [5.41, 5.74) is 0.330. The molecule has 116 valence electrons. The van der Waals surface area contributed by atoms with E-state index >= 15 is 0 Å². The van der Waals surface area contributed by atoms with Gasteiger partial charge in [-0.25, -0.2) is 4.79 Å². The highest BCUT2D eigenvalue weighted by Gasteiger charge is 2.11. The number of carboxylic acids is 1. The van der Waals surface area contributed by atoms with Gasteiger partial charge in [-0.05, 0) is 12.5 Å². The van der Waals surface area contributed by atoms with Crippen LogP contribution in [0, 0.1) is 0 Å². The van der Waals surface area contributed by atoms with E-state index in [9.17, 15) is 9.59 Å². The second kappa shape index (κ2) is 9.91. The molecule has 5 heteroatoms. The van der Waals surface area contributed by atoms with Crippen LogP contribution in [-0.2, 0) is 4.79 Å². The van der Waals surface area contributed by atoms with Gasteiger partial charge in [-0.15, -0.1) is 0 Å². The molecule has 0 aliphatic carbocycles. The molecule has 0 aromatic carbocycles. The molecule has 0 fully saturated rings. The summed E-state index contributed by atoms with van der Waals surface area (Å²) in [5, 5.41) is 11.6. The van der Waals surface area contributed by atoms with E-state index in [2.05, 4.69) is 17.2 Å². The molecule has 1 amide bonds. The molecule has 21 heavy (non-hydrogen) atoms. The van der Waals surface area contributed by atoms with E-state index in [0.29, 0.717) is 6.42 Å². The third-order valence-corrected chi connectivity index (χ3v) is 3.33. The molecule has 5 nitrogen and oxygen atoms in total. The maximum Gasteiger partial charge on any atom is 0.337 e. The van der Waals surface area contributed by atoms with Gasteiger partial charge in [-0.2, -0.15) is 0 Å². The van der Waals surface area contributed by atoms with Crippen molar-refractivity contribution in [3.63, 3.8) is 0 Å². The van der Waals surface area contributed by atoms with Gasteiger partial charge >= 0.3 is 5.97 Å². The Labute approximate surface area is 125 Å². The molecule has 0 aliphatic rings. The fourth-order valence-electron chi connectivity index (χ4n) is 2.14. The average Bonchev–Trinajstić information content (AvgIpc) is 2.46. The van der Waals surface area contributed by atoms with Crippen LogP contribution in [0.2, 0.25) is 0 Å². The first-order valence-corrected chi connectivity index (χ1v) is 7.62. The van der Waals surface area contributed by atoms with Crippen LogP contribution in [-0.4, -0.2) is 22.0 Å². The third-order valence-electron chi connectivity index (χ3n) is 3.33. The first kappa shape index (κ1) is 17.1. The number of carboxylic acid groups (broad SMARTS) is 1. The molecule has 0 radical (unpaired) electrons. The van der Waals surface area contributed by atoms with Gasteiger partial charge in [0.1, 0.15) is 0 Å². The molecule has 1 aromatic heterocycles. The Hall–Kier alpha value is -1.91. The molecule has 1 rings (SSSR count). The molecule has 0 saturated heterocycles. The van der Waals surface area contributed by atoms with E-state index in [4.69, 9.17) is 5.11 Å². The largest absolute Gasteiger partial charge is 0.478 e. The topological polar surface area (TPSA) is 79.3 Å². The van der Waals surface area contributed by atoms with Crippen LogP contribution in [0.5, 0.6) is 0 Å². The summed E-state index contributed by atoms with van der Waals surface area (Å²) in [4.78, 5) is 26.6. The highest BCUT2D eigenvalue weighted by atomic mass is 16.4. The van der Waals surface area contributed by atoms with E-state index in [1.54, 1.807) is 0 Å².